The summed E-state index contributed by atoms with van der Waals surface area (Å²) >= 11 is 0. The highest BCUT2D eigenvalue weighted by atomic mass is 15.1. The van der Waals surface area contributed by atoms with Gasteiger partial charge in [0, 0.05) is 25.2 Å². The fourth-order valence-corrected chi connectivity index (χ4v) is 4.53. The molecule has 1 aromatic heterocycles. The molecule has 1 saturated carbocycles. The molecule has 0 aliphatic heterocycles. The molecule has 2 aromatic carbocycles. The van der Waals surface area contributed by atoms with Crippen molar-refractivity contribution in [1.29, 1.82) is 5.26 Å². The van der Waals surface area contributed by atoms with E-state index in [1.807, 2.05) is 30.3 Å². The molecule has 154 valence electrons. The summed E-state index contributed by atoms with van der Waals surface area (Å²) < 4.78 is 2.42. The van der Waals surface area contributed by atoms with E-state index in [1.54, 1.807) is 0 Å². The number of aromatic nitrogens is 2. The number of nitrogens with zero attached hydrogens (tertiary/aromatic N) is 4. The topological polar surface area (TPSA) is 54.0 Å². The lowest BCUT2D eigenvalue weighted by Gasteiger charge is -2.30. The molecule has 0 amide bonds. The summed E-state index contributed by atoms with van der Waals surface area (Å²) in [5.41, 5.74) is 3.38. The molecule has 2 unspecified atom stereocenters. The van der Waals surface area contributed by atoms with E-state index in [1.165, 1.54) is 31.2 Å². The maximum absolute atomic E-state index is 9.50. The molecule has 3 aromatic rings. The standard InChI is InChI=1S/C26H30N4/c1-20-29-25-12-5-6-13-26(25)30(20)24(18-21-8-7-9-21)15-17-28-16-14-23(19-27)22-10-3-2-4-11-22/h2-6,10-13,17,21,23-24H,7-9,14-16,18H2,1H3. The van der Waals surface area contributed by atoms with Gasteiger partial charge >= 0.3 is 0 Å². The second kappa shape index (κ2) is 9.71. The molecule has 1 heterocycles. The van der Waals surface area contributed by atoms with Gasteiger partial charge in [-0.2, -0.15) is 5.26 Å². The number of aryl methyl sites for hydroxylation is 1. The third-order valence-electron chi connectivity index (χ3n) is 6.38. The number of nitriles is 1. The fraction of sp³-hybridized carbons (Fsp3) is 0.423. The van der Waals surface area contributed by atoms with Gasteiger partial charge in [0.2, 0.25) is 0 Å². The maximum atomic E-state index is 9.50. The summed E-state index contributed by atoms with van der Waals surface area (Å²) in [6.07, 6.45) is 9.01. The summed E-state index contributed by atoms with van der Waals surface area (Å²) in [4.78, 5) is 9.47. The van der Waals surface area contributed by atoms with E-state index >= 15 is 0 Å². The van der Waals surface area contributed by atoms with Gasteiger partial charge < -0.3 is 4.57 Å². The average Bonchev–Trinajstić information content (AvgIpc) is 3.08. The van der Waals surface area contributed by atoms with Crippen LogP contribution >= 0.6 is 0 Å². The first-order chi connectivity index (χ1) is 14.8. The van der Waals surface area contributed by atoms with Crippen molar-refractivity contribution in [2.45, 2.75) is 57.4 Å². The molecule has 1 aliphatic carbocycles. The van der Waals surface area contributed by atoms with Gasteiger partial charge in [0.05, 0.1) is 23.0 Å². The number of aliphatic imine (C=N–C) groups is 1. The predicted molar refractivity (Wildman–Crippen MR) is 123 cm³/mol. The van der Waals surface area contributed by atoms with E-state index in [2.05, 4.69) is 53.0 Å². The average molecular weight is 399 g/mol. The molecule has 2 atom stereocenters. The Kier molecular flexibility index (Phi) is 6.59. The van der Waals surface area contributed by atoms with E-state index in [0.717, 1.165) is 35.7 Å². The van der Waals surface area contributed by atoms with Gasteiger partial charge in [-0.1, -0.05) is 61.7 Å². The van der Waals surface area contributed by atoms with Gasteiger partial charge in [0.15, 0.2) is 0 Å². The highest BCUT2D eigenvalue weighted by molar-refractivity contribution is 5.76. The van der Waals surface area contributed by atoms with Gasteiger partial charge in [-0.05, 0) is 43.4 Å². The molecule has 0 N–H and O–H groups in total. The number of hydrogen-bond acceptors (Lipinski definition) is 3. The quantitative estimate of drug-likeness (QED) is 0.401. The Morgan fingerprint density at radius 3 is 2.67 bits per heavy atom. The Morgan fingerprint density at radius 2 is 1.93 bits per heavy atom. The van der Waals surface area contributed by atoms with Crippen molar-refractivity contribution in [3.05, 3.63) is 66.0 Å². The molecular weight excluding hydrogens is 368 g/mol. The van der Waals surface area contributed by atoms with Crippen LogP contribution in [0.1, 0.15) is 61.9 Å². The van der Waals surface area contributed by atoms with Crippen LogP contribution in [0.5, 0.6) is 0 Å². The molecule has 1 aliphatic rings. The minimum Gasteiger partial charge on any atom is -0.325 e. The van der Waals surface area contributed by atoms with Crippen LogP contribution in [-0.2, 0) is 0 Å². The van der Waals surface area contributed by atoms with E-state index in [-0.39, 0.29) is 5.92 Å². The monoisotopic (exact) mass is 398 g/mol. The zero-order chi connectivity index (χ0) is 20.8. The zero-order valence-electron chi connectivity index (χ0n) is 17.7. The number of fused-ring (bicyclic) bond motifs is 1. The van der Waals surface area contributed by atoms with E-state index in [0.29, 0.717) is 12.6 Å². The number of para-hydroxylation sites is 2. The normalized spacial score (nSPS) is 16.4. The number of rotatable bonds is 9. The highest BCUT2D eigenvalue weighted by Crippen LogP contribution is 2.36. The van der Waals surface area contributed by atoms with Crippen LogP contribution in [0, 0.1) is 24.2 Å². The Hall–Kier alpha value is -2.93. The van der Waals surface area contributed by atoms with E-state index in [9.17, 15) is 5.26 Å². The number of benzene rings is 2. The van der Waals surface area contributed by atoms with Crippen molar-refractivity contribution in [2.24, 2.45) is 10.9 Å². The van der Waals surface area contributed by atoms with E-state index < -0.39 is 0 Å². The lowest BCUT2D eigenvalue weighted by atomic mass is 9.80. The van der Waals surface area contributed by atoms with Gasteiger partial charge in [-0.15, -0.1) is 0 Å². The van der Waals surface area contributed by atoms with Crippen molar-refractivity contribution >= 4 is 17.2 Å². The maximum Gasteiger partial charge on any atom is 0.106 e. The van der Waals surface area contributed by atoms with Crippen LogP contribution in [0.4, 0.5) is 0 Å². The first kappa shape index (κ1) is 20.3. The first-order valence-electron chi connectivity index (χ1n) is 11.1. The van der Waals surface area contributed by atoms with Crippen molar-refractivity contribution in [2.75, 3.05) is 6.54 Å². The second-order valence-electron chi connectivity index (χ2n) is 8.41. The highest BCUT2D eigenvalue weighted by Gasteiger charge is 2.24. The van der Waals surface area contributed by atoms with Crippen LogP contribution in [0.15, 0.2) is 59.6 Å². The molecule has 4 rings (SSSR count). The lowest BCUT2D eigenvalue weighted by Crippen LogP contribution is -2.20. The smallest absolute Gasteiger partial charge is 0.106 e. The minimum absolute atomic E-state index is 0.0889. The fourth-order valence-electron chi connectivity index (χ4n) is 4.53. The van der Waals surface area contributed by atoms with Gasteiger partial charge in [0.25, 0.3) is 0 Å². The van der Waals surface area contributed by atoms with Crippen LogP contribution < -0.4 is 0 Å². The molecule has 4 nitrogen and oxygen atoms in total. The number of imidazole rings is 1. The summed E-state index contributed by atoms with van der Waals surface area (Å²) in [7, 11) is 0. The van der Waals surface area contributed by atoms with Gasteiger partial charge in [-0.25, -0.2) is 4.98 Å². The van der Waals surface area contributed by atoms with Gasteiger partial charge in [0.1, 0.15) is 5.82 Å². The molecule has 30 heavy (non-hydrogen) atoms. The lowest BCUT2D eigenvalue weighted by molar-refractivity contribution is 0.253. The Balaban J connectivity index is 1.42. The third kappa shape index (κ3) is 4.62. The first-order valence-corrected chi connectivity index (χ1v) is 11.1. The molecule has 1 fully saturated rings. The Labute approximate surface area is 179 Å². The largest absolute Gasteiger partial charge is 0.325 e. The molecule has 0 radical (unpaired) electrons. The van der Waals surface area contributed by atoms with Crippen molar-refractivity contribution in [1.82, 2.24) is 9.55 Å². The van der Waals surface area contributed by atoms with Crippen molar-refractivity contribution in [3.63, 3.8) is 0 Å². The van der Waals surface area contributed by atoms with Gasteiger partial charge in [-0.3, -0.25) is 4.99 Å². The summed E-state index contributed by atoms with van der Waals surface area (Å²) in [6.45, 7) is 2.80. The molecule has 0 saturated heterocycles. The Morgan fingerprint density at radius 1 is 1.17 bits per heavy atom. The van der Waals surface area contributed by atoms with Crippen LogP contribution in [0.2, 0.25) is 0 Å². The second-order valence-corrected chi connectivity index (χ2v) is 8.41. The molecular formula is C26H30N4. The van der Waals surface area contributed by atoms with E-state index in [4.69, 9.17) is 4.98 Å². The molecule has 0 bridgehead atoms. The molecule has 4 heteroatoms. The van der Waals surface area contributed by atoms with Crippen molar-refractivity contribution in [3.8, 4) is 6.07 Å². The van der Waals surface area contributed by atoms with Crippen LogP contribution in [-0.4, -0.2) is 22.3 Å². The summed E-state index contributed by atoms with van der Waals surface area (Å²) in [5.74, 6) is 1.82. The van der Waals surface area contributed by atoms with Crippen LogP contribution in [0.25, 0.3) is 11.0 Å². The summed E-state index contributed by atoms with van der Waals surface area (Å²) in [5, 5.41) is 9.50. The molecule has 0 spiro atoms. The predicted octanol–water partition coefficient (Wildman–Crippen LogP) is 6.23. The summed E-state index contributed by atoms with van der Waals surface area (Å²) in [6, 6.07) is 21.3. The minimum atomic E-state index is -0.0889. The zero-order valence-corrected chi connectivity index (χ0v) is 17.7. The number of hydrogen-bond donors (Lipinski definition) is 0. The Bertz CT molecular complexity index is 1020. The van der Waals surface area contributed by atoms with Crippen molar-refractivity contribution < 1.29 is 0 Å². The SMILES string of the molecule is Cc1nc2ccccc2n1C(CC=NCCC(C#N)c1ccccc1)CC1CCC1. The third-order valence-corrected chi connectivity index (χ3v) is 6.38. The van der Waals surface area contributed by atoms with Crippen LogP contribution in [0.3, 0.4) is 0 Å².